The van der Waals surface area contributed by atoms with Crippen LogP contribution in [-0.2, 0) is 13.6 Å². The topological polar surface area (TPSA) is 50.3 Å². The average Bonchev–Trinajstić information content (AvgIpc) is 2.77. The van der Waals surface area contributed by atoms with Crippen molar-refractivity contribution in [1.82, 2.24) is 19.6 Å². The van der Waals surface area contributed by atoms with Crippen LogP contribution >= 0.6 is 0 Å². The highest BCUT2D eigenvalue weighted by Crippen LogP contribution is 2.09. The largest absolute Gasteiger partial charge is 0.330 e. The van der Waals surface area contributed by atoms with Gasteiger partial charge in [-0.05, 0) is 12.5 Å². The predicted molar refractivity (Wildman–Crippen MR) is 73.1 cm³/mol. The van der Waals surface area contributed by atoms with E-state index in [2.05, 4.69) is 28.0 Å². The first-order chi connectivity index (χ1) is 8.67. The molecule has 5 nitrogen and oxygen atoms in total. The first-order valence-electron chi connectivity index (χ1n) is 6.79. The van der Waals surface area contributed by atoms with Gasteiger partial charge in [-0.15, -0.1) is 0 Å². The molecule has 18 heavy (non-hydrogen) atoms. The predicted octanol–water partition coefficient (Wildman–Crippen LogP) is 0.133. The molecule has 0 radical (unpaired) electrons. The molecule has 1 aromatic heterocycles. The van der Waals surface area contributed by atoms with E-state index in [0.29, 0.717) is 5.92 Å². The lowest BCUT2D eigenvalue weighted by molar-refractivity contribution is 0.116. The molecule has 1 saturated heterocycles. The summed E-state index contributed by atoms with van der Waals surface area (Å²) in [4.78, 5) is 5.03. The number of nitrogens with zero attached hydrogens (tertiary/aromatic N) is 4. The van der Waals surface area contributed by atoms with Gasteiger partial charge in [-0.3, -0.25) is 9.58 Å². The summed E-state index contributed by atoms with van der Waals surface area (Å²) in [6, 6.07) is 0. The summed E-state index contributed by atoms with van der Waals surface area (Å²) in [7, 11) is 1.97. The molecular formula is C13H25N5. The summed E-state index contributed by atoms with van der Waals surface area (Å²) >= 11 is 0. The van der Waals surface area contributed by atoms with Gasteiger partial charge < -0.3 is 10.6 Å². The van der Waals surface area contributed by atoms with Gasteiger partial charge in [0.2, 0.25) is 0 Å². The number of hydrogen-bond donors (Lipinski definition) is 1. The third-order valence-corrected chi connectivity index (χ3v) is 3.60. The summed E-state index contributed by atoms with van der Waals surface area (Å²) in [6.07, 6.45) is 4.06. The second-order valence-corrected chi connectivity index (χ2v) is 5.44. The van der Waals surface area contributed by atoms with Crippen molar-refractivity contribution in [2.45, 2.75) is 13.5 Å². The van der Waals surface area contributed by atoms with Crippen molar-refractivity contribution in [2.24, 2.45) is 18.7 Å². The standard InChI is InChI=1S/C13H25N5/c1-12(7-14)9-17-3-5-18(6-4-17)11-13-8-15-16(2)10-13/h8,10,12H,3-7,9,11,14H2,1-2H3. The Morgan fingerprint density at radius 1 is 1.28 bits per heavy atom. The SMILES string of the molecule is CC(CN)CN1CCN(Cc2cnn(C)c2)CC1. The van der Waals surface area contributed by atoms with Crippen molar-refractivity contribution in [1.29, 1.82) is 0 Å². The van der Waals surface area contributed by atoms with Gasteiger partial charge in [0.05, 0.1) is 6.20 Å². The van der Waals surface area contributed by atoms with E-state index in [-0.39, 0.29) is 0 Å². The second-order valence-electron chi connectivity index (χ2n) is 5.44. The Balaban J connectivity index is 1.73. The van der Waals surface area contributed by atoms with Crippen LogP contribution in [0, 0.1) is 5.92 Å². The fraction of sp³-hybridized carbons (Fsp3) is 0.769. The minimum atomic E-state index is 0.606. The van der Waals surface area contributed by atoms with Crippen molar-refractivity contribution in [3.63, 3.8) is 0 Å². The van der Waals surface area contributed by atoms with Gasteiger partial charge in [-0.1, -0.05) is 6.92 Å². The van der Waals surface area contributed by atoms with E-state index in [0.717, 1.165) is 45.8 Å². The summed E-state index contributed by atoms with van der Waals surface area (Å²) in [5.74, 6) is 0.606. The number of nitrogens with two attached hydrogens (primary N) is 1. The quantitative estimate of drug-likeness (QED) is 0.808. The molecule has 2 heterocycles. The Labute approximate surface area is 110 Å². The van der Waals surface area contributed by atoms with Crippen LogP contribution in [0.3, 0.4) is 0 Å². The lowest BCUT2D eigenvalue weighted by atomic mass is 10.1. The van der Waals surface area contributed by atoms with Crippen LogP contribution in [0.1, 0.15) is 12.5 Å². The lowest BCUT2D eigenvalue weighted by Crippen LogP contribution is -2.47. The molecule has 1 aliphatic rings. The zero-order valence-electron chi connectivity index (χ0n) is 11.5. The van der Waals surface area contributed by atoms with Crippen molar-refractivity contribution in [3.05, 3.63) is 18.0 Å². The number of aryl methyl sites for hydroxylation is 1. The van der Waals surface area contributed by atoms with E-state index in [1.54, 1.807) is 0 Å². The molecular weight excluding hydrogens is 226 g/mol. The molecule has 5 heteroatoms. The Hall–Kier alpha value is -0.910. The molecule has 0 aliphatic carbocycles. The number of piperazine rings is 1. The second kappa shape index (κ2) is 6.31. The molecule has 0 bridgehead atoms. The molecule has 2 N–H and O–H groups in total. The number of aromatic nitrogens is 2. The van der Waals surface area contributed by atoms with Gasteiger partial charge in [-0.25, -0.2) is 0 Å². The van der Waals surface area contributed by atoms with Crippen LogP contribution in [0.25, 0.3) is 0 Å². The minimum absolute atomic E-state index is 0.606. The molecule has 0 aromatic carbocycles. The van der Waals surface area contributed by atoms with E-state index < -0.39 is 0 Å². The van der Waals surface area contributed by atoms with E-state index >= 15 is 0 Å². The Morgan fingerprint density at radius 2 is 1.94 bits per heavy atom. The van der Waals surface area contributed by atoms with E-state index in [1.165, 1.54) is 5.56 Å². The highest BCUT2D eigenvalue weighted by Gasteiger charge is 2.18. The zero-order valence-corrected chi connectivity index (χ0v) is 11.5. The van der Waals surface area contributed by atoms with Gasteiger partial charge in [-0.2, -0.15) is 5.10 Å². The third kappa shape index (κ3) is 3.80. The van der Waals surface area contributed by atoms with Crippen molar-refractivity contribution in [2.75, 3.05) is 39.3 Å². The van der Waals surface area contributed by atoms with Gasteiger partial charge in [0, 0.05) is 58.1 Å². The molecule has 0 spiro atoms. The summed E-state index contributed by atoms with van der Waals surface area (Å²) in [5.41, 5.74) is 6.98. The van der Waals surface area contributed by atoms with E-state index in [1.807, 2.05) is 17.9 Å². The fourth-order valence-electron chi connectivity index (χ4n) is 2.46. The first kappa shape index (κ1) is 13.5. The van der Waals surface area contributed by atoms with Crippen molar-refractivity contribution >= 4 is 0 Å². The maximum absolute atomic E-state index is 5.67. The molecule has 1 unspecified atom stereocenters. The average molecular weight is 251 g/mol. The monoisotopic (exact) mass is 251 g/mol. The van der Waals surface area contributed by atoms with Crippen LogP contribution in [0.2, 0.25) is 0 Å². The van der Waals surface area contributed by atoms with Gasteiger partial charge in [0.15, 0.2) is 0 Å². The maximum Gasteiger partial charge on any atom is 0.0534 e. The number of hydrogen-bond acceptors (Lipinski definition) is 4. The first-order valence-corrected chi connectivity index (χ1v) is 6.79. The Bertz CT molecular complexity index is 354. The van der Waals surface area contributed by atoms with Gasteiger partial charge in [0.1, 0.15) is 0 Å². The summed E-state index contributed by atoms with van der Waals surface area (Å²) < 4.78 is 1.87. The highest BCUT2D eigenvalue weighted by molar-refractivity contribution is 5.03. The summed E-state index contributed by atoms with van der Waals surface area (Å²) in [5, 5.41) is 4.21. The van der Waals surface area contributed by atoms with Gasteiger partial charge in [0.25, 0.3) is 0 Å². The van der Waals surface area contributed by atoms with Crippen molar-refractivity contribution in [3.8, 4) is 0 Å². The van der Waals surface area contributed by atoms with Gasteiger partial charge >= 0.3 is 0 Å². The lowest BCUT2D eigenvalue weighted by Gasteiger charge is -2.35. The van der Waals surface area contributed by atoms with Crippen LogP contribution in [-0.4, -0.2) is 58.8 Å². The van der Waals surface area contributed by atoms with Crippen LogP contribution < -0.4 is 5.73 Å². The van der Waals surface area contributed by atoms with Crippen LogP contribution in [0.4, 0.5) is 0 Å². The zero-order chi connectivity index (χ0) is 13.0. The molecule has 1 atom stereocenters. The molecule has 1 fully saturated rings. The van der Waals surface area contributed by atoms with Crippen LogP contribution in [0.5, 0.6) is 0 Å². The molecule has 1 aromatic rings. The number of rotatable bonds is 5. The van der Waals surface area contributed by atoms with E-state index in [4.69, 9.17) is 5.73 Å². The van der Waals surface area contributed by atoms with Crippen LogP contribution in [0.15, 0.2) is 12.4 Å². The minimum Gasteiger partial charge on any atom is -0.330 e. The molecule has 2 rings (SSSR count). The molecule has 1 aliphatic heterocycles. The maximum atomic E-state index is 5.67. The Morgan fingerprint density at radius 3 is 2.50 bits per heavy atom. The third-order valence-electron chi connectivity index (χ3n) is 3.60. The smallest absolute Gasteiger partial charge is 0.0534 e. The molecule has 0 amide bonds. The summed E-state index contributed by atoms with van der Waals surface area (Å²) in [6.45, 7) is 9.77. The normalized spacial score (nSPS) is 20.2. The Kier molecular flexibility index (Phi) is 4.74. The molecule has 102 valence electrons. The van der Waals surface area contributed by atoms with Crippen molar-refractivity contribution < 1.29 is 0 Å². The molecule has 0 saturated carbocycles. The fourth-order valence-corrected chi connectivity index (χ4v) is 2.46. The van der Waals surface area contributed by atoms with E-state index in [9.17, 15) is 0 Å². The highest BCUT2D eigenvalue weighted by atomic mass is 15.3.